The van der Waals surface area contributed by atoms with E-state index in [9.17, 15) is 9.59 Å². The number of esters is 1. The summed E-state index contributed by atoms with van der Waals surface area (Å²) in [5.74, 6) is -0.390. The van der Waals surface area contributed by atoms with E-state index < -0.39 is 5.97 Å². The van der Waals surface area contributed by atoms with Gasteiger partial charge in [0.25, 0.3) is 5.56 Å². The number of aromatic nitrogens is 1. The first-order chi connectivity index (χ1) is 16.5. The minimum atomic E-state index is -0.390. The fourth-order valence-electron chi connectivity index (χ4n) is 4.90. The Morgan fingerprint density at radius 1 is 1.12 bits per heavy atom. The zero-order chi connectivity index (χ0) is 23.7. The van der Waals surface area contributed by atoms with E-state index in [0.717, 1.165) is 80.0 Å². The maximum absolute atomic E-state index is 12.5. The van der Waals surface area contributed by atoms with Crippen LogP contribution in [0, 0.1) is 0 Å². The Balaban J connectivity index is 1.26. The number of benzene rings is 2. The number of pyridine rings is 1. The lowest BCUT2D eigenvalue weighted by molar-refractivity contribution is 0.0526. The molecule has 7 nitrogen and oxygen atoms in total. The summed E-state index contributed by atoms with van der Waals surface area (Å²) in [6.45, 7) is 7.34. The number of ether oxygens (including phenoxy) is 1. The van der Waals surface area contributed by atoms with E-state index in [2.05, 4.69) is 38.3 Å². The van der Waals surface area contributed by atoms with Gasteiger partial charge in [-0.05, 0) is 49.6 Å². The molecule has 0 saturated carbocycles. The summed E-state index contributed by atoms with van der Waals surface area (Å²) >= 11 is 6.22. The number of fused-ring (bicyclic) bond motifs is 3. The standard InChI is InChI=1S/C26H29ClN4O3/c1-2-34-26(33)21-15-18(6-8-22(21)27)31-12-10-30(11-13-31)16-17-5-7-19-23(14-17)29-25(32)20-4-3-9-28-24(19)20/h5-8,14-15,28H,2-4,9-13,16H2,1H3,(H,29,32). The van der Waals surface area contributed by atoms with E-state index in [4.69, 9.17) is 16.3 Å². The Morgan fingerprint density at radius 3 is 2.74 bits per heavy atom. The lowest BCUT2D eigenvalue weighted by Gasteiger charge is -2.36. The van der Waals surface area contributed by atoms with Gasteiger partial charge in [0.05, 0.1) is 28.4 Å². The van der Waals surface area contributed by atoms with Gasteiger partial charge in [0.1, 0.15) is 0 Å². The number of nitrogens with one attached hydrogen (secondary N) is 2. The first-order valence-corrected chi connectivity index (χ1v) is 12.3. The largest absolute Gasteiger partial charge is 0.462 e. The van der Waals surface area contributed by atoms with Crippen molar-refractivity contribution in [1.29, 1.82) is 0 Å². The number of hydrogen-bond acceptors (Lipinski definition) is 6. The first-order valence-electron chi connectivity index (χ1n) is 11.9. The molecule has 0 spiro atoms. The molecule has 8 heteroatoms. The summed E-state index contributed by atoms with van der Waals surface area (Å²) in [4.78, 5) is 32.5. The number of halogens is 1. The second-order valence-electron chi connectivity index (χ2n) is 8.87. The topological polar surface area (TPSA) is 77.7 Å². The van der Waals surface area contributed by atoms with Crippen molar-refractivity contribution >= 4 is 39.8 Å². The van der Waals surface area contributed by atoms with E-state index in [1.165, 1.54) is 5.56 Å². The van der Waals surface area contributed by atoms with Crippen molar-refractivity contribution < 1.29 is 9.53 Å². The molecule has 0 atom stereocenters. The van der Waals surface area contributed by atoms with Gasteiger partial charge in [0.15, 0.2) is 0 Å². The molecule has 34 heavy (non-hydrogen) atoms. The van der Waals surface area contributed by atoms with E-state index in [-0.39, 0.29) is 5.56 Å². The molecule has 2 aromatic carbocycles. The maximum Gasteiger partial charge on any atom is 0.339 e. The lowest BCUT2D eigenvalue weighted by Crippen LogP contribution is -2.46. The van der Waals surface area contributed by atoms with Crippen molar-refractivity contribution in [2.24, 2.45) is 0 Å². The second kappa shape index (κ2) is 9.68. The summed E-state index contributed by atoms with van der Waals surface area (Å²) in [6.07, 6.45) is 1.82. The van der Waals surface area contributed by atoms with Gasteiger partial charge in [-0.25, -0.2) is 4.79 Å². The third-order valence-electron chi connectivity index (χ3n) is 6.67. The highest BCUT2D eigenvalue weighted by Crippen LogP contribution is 2.29. The summed E-state index contributed by atoms with van der Waals surface area (Å²) in [5.41, 5.74) is 5.35. The van der Waals surface area contributed by atoms with Crippen molar-refractivity contribution in [3.8, 4) is 0 Å². The van der Waals surface area contributed by atoms with Crippen molar-refractivity contribution in [3.05, 3.63) is 68.5 Å². The van der Waals surface area contributed by atoms with Gasteiger partial charge in [0.2, 0.25) is 0 Å². The highest BCUT2D eigenvalue weighted by Gasteiger charge is 2.21. The number of H-pyrrole nitrogens is 1. The molecule has 1 fully saturated rings. The molecule has 2 aliphatic rings. The average Bonchev–Trinajstić information content (AvgIpc) is 2.85. The van der Waals surface area contributed by atoms with Gasteiger partial charge in [0, 0.05) is 55.9 Å². The summed E-state index contributed by atoms with van der Waals surface area (Å²) in [5, 5.41) is 4.91. The zero-order valence-corrected chi connectivity index (χ0v) is 20.1. The zero-order valence-electron chi connectivity index (χ0n) is 19.3. The Labute approximate surface area is 203 Å². The number of carbonyl (C=O) groups is 1. The Hall–Kier alpha value is -3.03. The predicted octanol–water partition coefficient (Wildman–Crippen LogP) is 4.04. The molecule has 3 heterocycles. The van der Waals surface area contributed by atoms with E-state index >= 15 is 0 Å². The van der Waals surface area contributed by atoms with Crippen LogP contribution in [0.3, 0.4) is 0 Å². The SMILES string of the molecule is CCOC(=O)c1cc(N2CCN(Cc3ccc4c5c(c(=O)[nH]c4c3)CCCN5)CC2)ccc1Cl. The normalized spacial score (nSPS) is 16.2. The van der Waals surface area contributed by atoms with Crippen LogP contribution in [-0.4, -0.2) is 55.2 Å². The van der Waals surface area contributed by atoms with Gasteiger partial charge in [-0.3, -0.25) is 9.69 Å². The molecule has 0 bridgehead atoms. The van der Waals surface area contributed by atoms with Crippen LogP contribution >= 0.6 is 11.6 Å². The predicted molar refractivity (Wildman–Crippen MR) is 136 cm³/mol. The summed E-state index contributed by atoms with van der Waals surface area (Å²) < 4.78 is 5.13. The average molecular weight is 481 g/mol. The molecule has 1 saturated heterocycles. The first kappa shape index (κ1) is 22.7. The fourth-order valence-corrected chi connectivity index (χ4v) is 5.10. The van der Waals surface area contributed by atoms with E-state index in [0.29, 0.717) is 17.2 Å². The number of aromatic amines is 1. The minimum Gasteiger partial charge on any atom is -0.462 e. The van der Waals surface area contributed by atoms with Gasteiger partial charge in [-0.15, -0.1) is 0 Å². The van der Waals surface area contributed by atoms with Crippen molar-refractivity contribution in [2.75, 3.05) is 49.5 Å². The highest BCUT2D eigenvalue weighted by molar-refractivity contribution is 6.33. The van der Waals surface area contributed by atoms with Gasteiger partial charge >= 0.3 is 5.97 Å². The number of hydrogen-bond donors (Lipinski definition) is 2. The highest BCUT2D eigenvalue weighted by atomic mass is 35.5. The Bertz CT molecular complexity index is 1280. The molecule has 3 aromatic rings. The van der Waals surface area contributed by atoms with E-state index in [1.54, 1.807) is 13.0 Å². The van der Waals surface area contributed by atoms with E-state index in [1.807, 2.05) is 12.1 Å². The maximum atomic E-state index is 12.5. The fraction of sp³-hybridized carbons (Fsp3) is 0.385. The molecule has 0 amide bonds. The minimum absolute atomic E-state index is 0.0191. The molecule has 0 unspecified atom stereocenters. The van der Waals surface area contributed by atoms with Crippen LogP contribution in [0.4, 0.5) is 11.4 Å². The van der Waals surface area contributed by atoms with Crippen LogP contribution in [0.15, 0.2) is 41.2 Å². The summed E-state index contributed by atoms with van der Waals surface area (Å²) in [6, 6.07) is 11.9. The molecule has 0 aliphatic carbocycles. The van der Waals surface area contributed by atoms with Crippen molar-refractivity contribution in [2.45, 2.75) is 26.3 Å². The summed E-state index contributed by atoms with van der Waals surface area (Å²) in [7, 11) is 0. The van der Waals surface area contributed by atoms with Gasteiger partial charge in [-0.2, -0.15) is 0 Å². The quantitative estimate of drug-likeness (QED) is 0.537. The Morgan fingerprint density at radius 2 is 1.94 bits per heavy atom. The molecule has 1 aromatic heterocycles. The van der Waals surface area contributed by atoms with Crippen LogP contribution in [0.1, 0.15) is 34.8 Å². The number of anilines is 2. The number of piperazine rings is 1. The molecule has 5 rings (SSSR count). The van der Waals surface area contributed by atoms with Crippen molar-refractivity contribution in [1.82, 2.24) is 9.88 Å². The molecular weight excluding hydrogens is 452 g/mol. The third-order valence-corrected chi connectivity index (χ3v) is 7.00. The monoisotopic (exact) mass is 480 g/mol. The number of nitrogens with zero attached hydrogens (tertiary/aromatic N) is 2. The molecule has 2 N–H and O–H groups in total. The van der Waals surface area contributed by atoms with Gasteiger partial charge < -0.3 is 19.9 Å². The van der Waals surface area contributed by atoms with Crippen LogP contribution < -0.4 is 15.8 Å². The molecular formula is C26H29ClN4O3. The lowest BCUT2D eigenvalue weighted by atomic mass is 10.0. The molecule has 178 valence electrons. The molecule has 0 radical (unpaired) electrons. The van der Waals surface area contributed by atoms with Crippen molar-refractivity contribution in [3.63, 3.8) is 0 Å². The van der Waals surface area contributed by atoms with Crippen LogP contribution in [0.25, 0.3) is 10.9 Å². The number of rotatable bonds is 5. The number of carbonyl (C=O) groups excluding carboxylic acids is 1. The van der Waals surface area contributed by atoms with Crippen LogP contribution in [0.5, 0.6) is 0 Å². The smallest absolute Gasteiger partial charge is 0.339 e. The molecule has 2 aliphatic heterocycles. The van der Waals surface area contributed by atoms with Crippen LogP contribution in [0.2, 0.25) is 5.02 Å². The van der Waals surface area contributed by atoms with Gasteiger partial charge in [-0.1, -0.05) is 23.7 Å². The van der Waals surface area contributed by atoms with Crippen LogP contribution in [-0.2, 0) is 17.7 Å². The second-order valence-corrected chi connectivity index (χ2v) is 9.27. The third kappa shape index (κ3) is 4.50. The Kier molecular flexibility index (Phi) is 6.48.